The number of rotatable bonds is 4. The fourth-order valence-corrected chi connectivity index (χ4v) is 4.51. The Morgan fingerprint density at radius 1 is 1.21 bits per heavy atom. The molecule has 0 aliphatic carbocycles. The number of ether oxygens (including phenoxy) is 1. The van der Waals surface area contributed by atoms with E-state index in [1.807, 2.05) is 11.9 Å². The van der Waals surface area contributed by atoms with Gasteiger partial charge in [0.15, 0.2) is 5.43 Å². The van der Waals surface area contributed by atoms with Crippen molar-refractivity contribution in [3.8, 4) is 22.8 Å². The van der Waals surface area contributed by atoms with Gasteiger partial charge in [-0.2, -0.15) is 0 Å². The van der Waals surface area contributed by atoms with Crippen molar-refractivity contribution in [2.75, 3.05) is 20.1 Å². The van der Waals surface area contributed by atoms with Crippen LogP contribution in [0.3, 0.4) is 0 Å². The number of phenols is 2. The highest BCUT2D eigenvalue weighted by molar-refractivity contribution is 6.33. The molecule has 2 unspecified atom stereocenters. The first-order valence-corrected chi connectivity index (χ1v) is 11.2. The number of likely N-dealkylation sites (N-methyl/N-ethyl adjacent to an activating group) is 1. The van der Waals surface area contributed by atoms with Gasteiger partial charge in [-0.3, -0.25) is 9.59 Å². The summed E-state index contributed by atoms with van der Waals surface area (Å²) in [5.41, 5.74) is 0.449. The minimum atomic E-state index is -0.563. The van der Waals surface area contributed by atoms with Crippen molar-refractivity contribution in [3.63, 3.8) is 0 Å². The monoisotopic (exact) mass is 471 g/mol. The number of phenolic OH excluding ortho intramolecular Hbond substituents is 2. The van der Waals surface area contributed by atoms with Crippen LogP contribution in [0.4, 0.5) is 0 Å². The third-order valence-corrected chi connectivity index (χ3v) is 6.34. The molecule has 0 amide bonds. The zero-order valence-electron chi connectivity index (χ0n) is 18.7. The number of likely N-dealkylation sites (tertiary alicyclic amines) is 1. The van der Waals surface area contributed by atoms with E-state index in [1.165, 1.54) is 6.07 Å². The Kier molecular flexibility index (Phi) is 6.36. The van der Waals surface area contributed by atoms with Crippen LogP contribution in [0.1, 0.15) is 31.7 Å². The molecule has 1 aliphatic heterocycles. The highest BCUT2D eigenvalue weighted by Gasteiger charge is 2.36. The average molecular weight is 472 g/mol. The van der Waals surface area contributed by atoms with Crippen molar-refractivity contribution in [1.29, 1.82) is 0 Å². The van der Waals surface area contributed by atoms with Gasteiger partial charge in [0.2, 0.25) is 0 Å². The second kappa shape index (κ2) is 9.08. The van der Waals surface area contributed by atoms with Gasteiger partial charge in [0.1, 0.15) is 34.3 Å². The van der Waals surface area contributed by atoms with Gasteiger partial charge in [-0.05, 0) is 32.1 Å². The summed E-state index contributed by atoms with van der Waals surface area (Å²) in [6.07, 6.45) is -0.00780. The molecule has 1 aliphatic rings. The molecular weight excluding hydrogens is 446 g/mol. The molecule has 0 saturated carbocycles. The van der Waals surface area contributed by atoms with Crippen molar-refractivity contribution in [2.45, 2.75) is 32.3 Å². The molecule has 33 heavy (non-hydrogen) atoms. The van der Waals surface area contributed by atoms with E-state index in [2.05, 4.69) is 0 Å². The Hall–Kier alpha value is -3.03. The summed E-state index contributed by atoms with van der Waals surface area (Å²) in [6.45, 7) is 4.66. The predicted octanol–water partition coefficient (Wildman–Crippen LogP) is 4.51. The predicted molar refractivity (Wildman–Crippen MR) is 126 cm³/mol. The van der Waals surface area contributed by atoms with Crippen LogP contribution in [-0.2, 0) is 9.53 Å². The molecule has 2 aromatic carbocycles. The van der Waals surface area contributed by atoms with E-state index < -0.39 is 17.5 Å². The number of hydrogen-bond acceptors (Lipinski definition) is 7. The number of halogens is 1. The summed E-state index contributed by atoms with van der Waals surface area (Å²) in [4.78, 5) is 27.5. The SMILES string of the molecule is CC(C)C(=O)OC1CN(C)CCC1c1c(O)cc(O)c2c(=O)cc(-c3ccccc3Cl)oc12. The Labute approximate surface area is 196 Å². The summed E-state index contributed by atoms with van der Waals surface area (Å²) < 4.78 is 11.9. The minimum absolute atomic E-state index is 0.0357. The molecule has 8 heteroatoms. The molecule has 1 aromatic heterocycles. The number of carbonyl (C=O) groups is 1. The third kappa shape index (κ3) is 4.43. The lowest BCUT2D eigenvalue weighted by atomic mass is 9.85. The van der Waals surface area contributed by atoms with Crippen LogP contribution in [0.25, 0.3) is 22.3 Å². The summed E-state index contributed by atoms with van der Waals surface area (Å²) in [7, 11) is 1.93. The van der Waals surface area contributed by atoms with Crippen molar-refractivity contribution in [3.05, 3.63) is 57.2 Å². The second-order valence-corrected chi connectivity index (χ2v) is 9.18. The lowest BCUT2D eigenvalue weighted by Crippen LogP contribution is -2.43. The van der Waals surface area contributed by atoms with Crippen LogP contribution < -0.4 is 5.43 Å². The number of piperidine rings is 1. The largest absolute Gasteiger partial charge is 0.507 e. The smallest absolute Gasteiger partial charge is 0.308 e. The summed E-state index contributed by atoms with van der Waals surface area (Å²) in [6, 6.07) is 9.35. The minimum Gasteiger partial charge on any atom is -0.507 e. The second-order valence-electron chi connectivity index (χ2n) is 8.77. The first kappa shape index (κ1) is 23.1. The Morgan fingerprint density at radius 3 is 2.64 bits per heavy atom. The first-order chi connectivity index (χ1) is 15.7. The molecule has 2 heterocycles. The van der Waals surface area contributed by atoms with Gasteiger partial charge in [0.05, 0.1) is 10.9 Å². The van der Waals surface area contributed by atoms with Crippen molar-refractivity contribution in [2.24, 2.45) is 5.92 Å². The maximum absolute atomic E-state index is 13.0. The lowest BCUT2D eigenvalue weighted by molar-refractivity contribution is -0.156. The molecular formula is C25H26ClNO6. The summed E-state index contributed by atoms with van der Waals surface area (Å²) in [5.74, 6) is -1.48. The number of hydrogen-bond donors (Lipinski definition) is 2. The van der Waals surface area contributed by atoms with Gasteiger partial charge in [0, 0.05) is 35.7 Å². The maximum Gasteiger partial charge on any atom is 0.308 e. The lowest BCUT2D eigenvalue weighted by Gasteiger charge is -2.37. The molecule has 1 saturated heterocycles. The zero-order valence-corrected chi connectivity index (χ0v) is 19.4. The number of carbonyl (C=O) groups excluding carboxylic acids is 1. The van der Waals surface area contributed by atoms with Gasteiger partial charge < -0.3 is 24.3 Å². The van der Waals surface area contributed by atoms with E-state index in [4.69, 9.17) is 20.8 Å². The standard InChI is InChI=1S/C25H26ClNO6/c1-13(2)25(31)33-21-12-27(3)9-8-15(21)22-17(28)10-18(29)23-19(30)11-20(32-24(22)23)14-6-4-5-7-16(14)26/h4-7,10-11,13,15,21,28-29H,8-9,12H2,1-3H3. The van der Waals surface area contributed by atoms with E-state index in [0.29, 0.717) is 35.7 Å². The quantitative estimate of drug-likeness (QED) is 0.540. The van der Waals surface area contributed by atoms with Gasteiger partial charge in [-0.25, -0.2) is 0 Å². The molecule has 7 nitrogen and oxygen atoms in total. The Bertz CT molecular complexity index is 1270. The van der Waals surface area contributed by atoms with Gasteiger partial charge >= 0.3 is 5.97 Å². The molecule has 2 atom stereocenters. The van der Waals surface area contributed by atoms with Crippen LogP contribution >= 0.6 is 11.6 Å². The summed E-state index contributed by atoms with van der Waals surface area (Å²) >= 11 is 6.32. The maximum atomic E-state index is 13.0. The van der Waals surface area contributed by atoms with E-state index in [-0.39, 0.29) is 40.1 Å². The van der Waals surface area contributed by atoms with E-state index in [1.54, 1.807) is 38.1 Å². The molecule has 0 bridgehead atoms. The summed E-state index contributed by atoms with van der Waals surface area (Å²) in [5, 5.41) is 21.7. The van der Waals surface area contributed by atoms with Crippen LogP contribution in [-0.4, -0.2) is 47.3 Å². The van der Waals surface area contributed by atoms with Crippen LogP contribution in [0.5, 0.6) is 11.5 Å². The Balaban J connectivity index is 1.93. The van der Waals surface area contributed by atoms with Crippen molar-refractivity contribution >= 4 is 28.5 Å². The van der Waals surface area contributed by atoms with Gasteiger partial charge in [-0.15, -0.1) is 0 Å². The fraction of sp³-hybridized carbons (Fsp3) is 0.360. The number of fused-ring (bicyclic) bond motifs is 1. The van der Waals surface area contributed by atoms with Crippen molar-refractivity contribution in [1.82, 2.24) is 4.90 Å². The van der Waals surface area contributed by atoms with Crippen molar-refractivity contribution < 1.29 is 24.2 Å². The van der Waals surface area contributed by atoms with Crippen LogP contribution in [0.2, 0.25) is 5.02 Å². The van der Waals surface area contributed by atoms with Crippen LogP contribution in [0, 0.1) is 5.92 Å². The number of nitrogens with zero attached hydrogens (tertiary/aromatic N) is 1. The molecule has 2 N–H and O–H groups in total. The molecule has 3 aromatic rings. The highest BCUT2D eigenvalue weighted by Crippen LogP contribution is 2.43. The highest BCUT2D eigenvalue weighted by atomic mass is 35.5. The molecule has 0 spiro atoms. The fourth-order valence-electron chi connectivity index (χ4n) is 4.28. The number of esters is 1. The zero-order chi connectivity index (χ0) is 23.9. The Morgan fingerprint density at radius 2 is 1.94 bits per heavy atom. The van der Waals surface area contributed by atoms with Crippen LogP contribution in [0.15, 0.2) is 45.6 Å². The number of benzene rings is 2. The normalized spacial score (nSPS) is 19.2. The number of aromatic hydroxyl groups is 2. The van der Waals surface area contributed by atoms with Gasteiger partial charge in [-0.1, -0.05) is 37.6 Å². The topological polar surface area (TPSA) is 100 Å². The molecule has 1 fully saturated rings. The van der Waals surface area contributed by atoms with Gasteiger partial charge in [0.25, 0.3) is 0 Å². The molecule has 174 valence electrons. The third-order valence-electron chi connectivity index (χ3n) is 6.01. The first-order valence-electron chi connectivity index (χ1n) is 10.8. The van der Waals surface area contributed by atoms with E-state index in [0.717, 1.165) is 6.07 Å². The molecule has 4 rings (SSSR count). The average Bonchev–Trinajstić information content (AvgIpc) is 2.74. The van der Waals surface area contributed by atoms with E-state index >= 15 is 0 Å². The van der Waals surface area contributed by atoms with E-state index in [9.17, 15) is 19.8 Å². The molecule has 0 radical (unpaired) electrons.